The molecule has 0 aromatic heterocycles. The Morgan fingerprint density at radius 1 is 1.12 bits per heavy atom. The number of cyclic esters (lactones) is 1. The fourth-order valence-electron chi connectivity index (χ4n) is 2.34. The quantitative estimate of drug-likeness (QED) is 0.913. The fourth-order valence-corrected chi connectivity index (χ4v) is 2.34. The van der Waals surface area contributed by atoms with Crippen LogP contribution in [0.2, 0.25) is 0 Å². The smallest absolute Gasteiger partial charge is 0.414 e. The maximum absolute atomic E-state index is 12.9. The third-order valence-electron chi connectivity index (χ3n) is 3.64. The summed E-state index contributed by atoms with van der Waals surface area (Å²) in [5.74, 6) is -0.395. The number of halogens is 2. The minimum absolute atomic E-state index is 0.110. The highest BCUT2D eigenvalue weighted by Crippen LogP contribution is 2.23. The minimum atomic E-state index is -1.05. The molecule has 0 bridgehead atoms. The van der Waals surface area contributed by atoms with Crippen LogP contribution in [0.1, 0.15) is 0 Å². The van der Waals surface area contributed by atoms with Gasteiger partial charge in [-0.15, -0.1) is 0 Å². The molecular weight excluding hydrogens is 320 g/mol. The van der Waals surface area contributed by atoms with Gasteiger partial charge in [0.15, 0.2) is 6.10 Å². The second-order valence-corrected chi connectivity index (χ2v) is 5.34. The molecule has 2 aromatic rings. The molecule has 2 atom stereocenters. The van der Waals surface area contributed by atoms with E-state index in [0.29, 0.717) is 11.4 Å². The van der Waals surface area contributed by atoms with Crippen LogP contribution in [0, 0.1) is 11.6 Å². The zero-order valence-corrected chi connectivity index (χ0v) is 12.6. The van der Waals surface area contributed by atoms with Crippen molar-refractivity contribution < 1.29 is 28.2 Å². The standard InChI is InChI=1S/C17H15F2NO4/c18-11-1-5-13(6-2-11)20-9-16(24-17(20)22)15(21)10-23-14-7-3-12(19)4-8-14/h1-8,15-16,21H,9-10H2/t15-,16+/m1/s1. The monoisotopic (exact) mass is 335 g/mol. The second kappa shape index (κ2) is 6.84. The van der Waals surface area contributed by atoms with Gasteiger partial charge in [0, 0.05) is 5.69 Å². The molecule has 0 radical (unpaired) electrons. The van der Waals surface area contributed by atoms with Crippen LogP contribution in [0.15, 0.2) is 48.5 Å². The van der Waals surface area contributed by atoms with Crippen LogP contribution < -0.4 is 9.64 Å². The number of benzene rings is 2. The Labute approximate surface area is 137 Å². The summed E-state index contributed by atoms with van der Waals surface area (Å²) >= 11 is 0. The maximum Gasteiger partial charge on any atom is 0.414 e. The van der Waals surface area contributed by atoms with E-state index in [9.17, 15) is 18.7 Å². The molecule has 1 aliphatic heterocycles. The second-order valence-electron chi connectivity index (χ2n) is 5.34. The van der Waals surface area contributed by atoms with Gasteiger partial charge >= 0.3 is 6.09 Å². The first kappa shape index (κ1) is 16.2. The number of anilines is 1. The Bertz CT molecular complexity index is 706. The molecular formula is C17H15F2NO4. The zero-order valence-electron chi connectivity index (χ0n) is 12.6. The van der Waals surface area contributed by atoms with E-state index in [0.717, 1.165) is 0 Å². The van der Waals surface area contributed by atoms with Gasteiger partial charge in [-0.25, -0.2) is 13.6 Å². The molecule has 3 rings (SSSR count). The molecule has 1 saturated heterocycles. The molecule has 126 valence electrons. The van der Waals surface area contributed by atoms with Gasteiger partial charge in [-0.1, -0.05) is 0 Å². The predicted octanol–water partition coefficient (Wildman–Crippen LogP) is 2.73. The Morgan fingerprint density at radius 2 is 1.71 bits per heavy atom. The normalized spacial score (nSPS) is 18.4. The molecule has 2 aromatic carbocycles. The number of hydrogen-bond donors (Lipinski definition) is 1. The van der Waals surface area contributed by atoms with E-state index < -0.39 is 24.1 Å². The molecule has 1 N–H and O–H groups in total. The predicted molar refractivity (Wildman–Crippen MR) is 81.9 cm³/mol. The largest absolute Gasteiger partial charge is 0.491 e. The Morgan fingerprint density at radius 3 is 2.33 bits per heavy atom. The molecule has 1 heterocycles. The summed E-state index contributed by atoms with van der Waals surface area (Å²) < 4.78 is 36.2. The van der Waals surface area contributed by atoms with Crippen molar-refractivity contribution in [2.24, 2.45) is 0 Å². The van der Waals surface area contributed by atoms with E-state index in [1.807, 2.05) is 0 Å². The van der Waals surface area contributed by atoms with E-state index in [2.05, 4.69) is 0 Å². The molecule has 24 heavy (non-hydrogen) atoms. The molecule has 0 aliphatic carbocycles. The van der Waals surface area contributed by atoms with Gasteiger partial charge in [0.05, 0.1) is 6.54 Å². The first-order valence-corrected chi connectivity index (χ1v) is 7.33. The number of carbonyl (C=O) groups is 1. The molecule has 0 saturated carbocycles. The Hall–Kier alpha value is -2.67. The van der Waals surface area contributed by atoms with Crippen molar-refractivity contribution in [2.75, 3.05) is 18.1 Å². The molecule has 0 unspecified atom stereocenters. The van der Waals surface area contributed by atoms with Crippen molar-refractivity contribution in [1.29, 1.82) is 0 Å². The molecule has 1 fully saturated rings. The number of aliphatic hydroxyl groups is 1. The van der Waals surface area contributed by atoms with Gasteiger partial charge in [0.1, 0.15) is 30.1 Å². The van der Waals surface area contributed by atoms with Crippen LogP contribution in [0.25, 0.3) is 0 Å². The average Bonchev–Trinajstić information content (AvgIpc) is 2.97. The minimum Gasteiger partial charge on any atom is -0.491 e. The van der Waals surface area contributed by atoms with E-state index in [-0.39, 0.29) is 19.0 Å². The van der Waals surface area contributed by atoms with Crippen molar-refractivity contribution in [3.8, 4) is 5.75 Å². The van der Waals surface area contributed by atoms with Crippen LogP contribution in [0.3, 0.4) is 0 Å². The van der Waals surface area contributed by atoms with Gasteiger partial charge in [0.2, 0.25) is 0 Å². The first-order chi connectivity index (χ1) is 11.5. The summed E-state index contributed by atoms with van der Waals surface area (Å²) in [7, 11) is 0. The van der Waals surface area contributed by atoms with E-state index >= 15 is 0 Å². The number of amides is 1. The zero-order chi connectivity index (χ0) is 17.1. The molecule has 0 spiro atoms. The topological polar surface area (TPSA) is 59.0 Å². The first-order valence-electron chi connectivity index (χ1n) is 7.33. The summed E-state index contributed by atoms with van der Waals surface area (Å²) in [5, 5.41) is 10.1. The lowest BCUT2D eigenvalue weighted by Gasteiger charge is -2.17. The van der Waals surface area contributed by atoms with Crippen molar-refractivity contribution in [3.05, 3.63) is 60.2 Å². The maximum atomic E-state index is 12.9. The highest BCUT2D eigenvalue weighted by molar-refractivity contribution is 5.89. The van der Waals surface area contributed by atoms with Crippen LogP contribution in [-0.4, -0.2) is 36.6 Å². The van der Waals surface area contributed by atoms with E-state index in [1.54, 1.807) is 0 Å². The summed E-state index contributed by atoms with van der Waals surface area (Å²) in [6, 6.07) is 10.8. The number of hydrogen-bond acceptors (Lipinski definition) is 4. The Kier molecular flexibility index (Phi) is 4.61. The summed E-state index contributed by atoms with van der Waals surface area (Å²) in [6.07, 6.45) is -2.44. The number of rotatable bonds is 5. The summed E-state index contributed by atoms with van der Waals surface area (Å²) in [4.78, 5) is 13.2. The average molecular weight is 335 g/mol. The summed E-state index contributed by atoms with van der Waals surface area (Å²) in [6.45, 7) is 0.0131. The van der Waals surface area contributed by atoms with Crippen molar-refractivity contribution in [2.45, 2.75) is 12.2 Å². The number of carbonyl (C=O) groups excluding carboxylic acids is 1. The van der Waals surface area contributed by atoms with E-state index in [4.69, 9.17) is 9.47 Å². The number of nitrogens with zero attached hydrogens (tertiary/aromatic N) is 1. The van der Waals surface area contributed by atoms with Gasteiger partial charge in [-0.2, -0.15) is 0 Å². The van der Waals surface area contributed by atoms with Crippen molar-refractivity contribution in [3.63, 3.8) is 0 Å². The lowest BCUT2D eigenvalue weighted by atomic mass is 10.2. The van der Waals surface area contributed by atoms with Crippen LogP contribution in [0.5, 0.6) is 5.75 Å². The lowest BCUT2D eigenvalue weighted by molar-refractivity contribution is 0.00556. The number of ether oxygens (including phenoxy) is 2. The lowest BCUT2D eigenvalue weighted by Crippen LogP contribution is -2.35. The van der Waals surface area contributed by atoms with Crippen LogP contribution in [-0.2, 0) is 4.74 Å². The molecule has 1 aliphatic rings. The third kappa shape index (κ3) is 3.62. The molecule has 5 nitrogen and oxygen atoms in total. The van der Waals surface area contributed by atoms with Gasteiger partial charge in [0.25, 0.3) is 0 Å². The molecule has 7 heteroatoms. The van der Waals surface area contributed by atoms with Crippen LogP contribution >= 0.6 is 0 Å². The third-order valence-corrected chi connectivity index (χ3v) is 3.64. The van der Waals surface area contributed by atoms with Crippen LogP contribution in [0.4, 0.5) is 19.3 Å². The van der Waals surface area contributed by atoms with Gasteiger partial charge in [-0.3, -0.25) is 4.90 Å². The fraction of sp³-hybridized carbons (Fsp3) is 0.235. The van der Waals surface area contributed by atoms with Gasteiger partial charge < -0.3 is 14.6 Å². The Balaban J connectivity index is 1.58. The number of aliphatic hydroxyl groups excluding tert-OH is 1. The van der Waals surface area contributed by atoms with Gasteiger partial charge in [-0.05, 0) is 48.5 Å². The summed E-state index contributed by atoms with van der Waals surface area (Å²) in [5.41, 5.74) is 0.482. The highest BCUT2D eigenvalue weighted by atomic mass is 19.1. The van der Waals surface area contributed by atoms with E-state index in [1.165, 1.54) is 53.4 Å². The van der Waals surface area contributed by atoms with Crippen molar-refractivity contribution in [1.82, 2.24) is 0 Å². The van der Waals surface area contributed by atoms with Crippen molar-refractivity contribution >= 4 is 11.8 Å². The SMILES string of the molecule is O=C1O[C@H]([C@H](O)COc2ccc(F)cc2)CN1c1ccc(F)cc1. The highest BCUT2D eigenvalue weighted by Gasteiger charge is 2.37. The molecule has 1 amide bonds.